The molecule has 1 heterocycles. The fourth-order valence-electron chi connectivity index (χ4n) is 2.18. The van der Waals surface area contributed by atoms with Crippen LogP contribution in [0.4, 0.5) is 0 Å². The molecule has 0 radical (unpaired) electrons. The van der Waals surface area contributed by atoms with Gasteiger partial charge >= 0.3 is 7.12 Å². The third-order valence-corrected chi connectivity index (χ3v) is 3.46. The predicted octanol–water partition coefficient (Wildman–Crippen LogP) is -1.01. The summed E-state index contributed by atoms with van der Waals surface area (Å²) in [6, 6.07) is 7.02. The number of piperazine rings is 1. The van der Waals surface area contributed by atoms with E-state index < -0.39 is 7.12 Å². The van der Waals surface area contributed by atoms with Crippen LogP contribution in [0, 0.1) is 0 Å². The summed E-state index contributed by atoms with van der Waals surface area (Å²) >= 11 is 0. The molecule has 1 fully saturated rings. The number of hydrogen-bond donors (Lipinski definition) is 2. The molecule has 2 rings (SSSR count). The van der Waals surface area contributed by atoms with Gasteiger partial charge in [0.1, 0.15) is 12.4 Å². The topological polar surface area (TPSA) is 56.2 Å². The number of hydrogen-bond acceptors (Lipinski definition) is 5. The minimum Gasteiger partial charge on any atom is -0.493 e. The lowest BCUT2D eigenvalue weighted by atomic mass is 9.79. The molecule has 0 aromatic heterocycles. The Labute approximate surface area is 114 Å². The molecule has 0 aliphatic carbocycles. The molecule has 1 aromatic rings. The fourth-order valence-corrected chi connectivity index (χ4v) is 2.18. The van der Waals surface area contributed by atoms with Crippen LogP contribution in [-0.2, 0) is 0 Å². The zero-order chi connectivity index (χ0) is 13.7. The van der Waals surface area contributed by atoms with Crippen LogP contribution in [0.15, 0.2) is 24.3 Å². The summed E-state index contributed by atoms with van der Waals surface area (Å²) in [4.78, 5) is 4.67. The number of likely N-dealkylation sites (N-methyl/N-ethyl adjacent to an activating group) is 1. The van der Waals surface area contributed by atoms with Gasteiger partial charge in [0.15, 0.2) is 0 Å². The molecule has 0 unspecified atom stereocenters. The summed E-state index contributed by atoms with van der Waals surface area (Å²) in [5.74, 6) is 0.548. The van der Waals surface area contributed by atoms with Crippen molar-refractivity contribution in [2.24, 2.45) is 0 Å². The van der Waals surface area contributed by atoms with Crippen LogP contribution in [0.2, 0.25) is 0 Å². The first kappa shape index (κ1) is 14.3. The third kappa shape index (κ3) is 4.21. The Morgan fingerprint density at radius 3 is 2.53 bits per heavy atom. The Bertz CT molecular complexity index is 395. The quantitative estimate of drug-likeness (QED) is 0.668. The van der Waals surface area contributed by atoms with E-state index in [0.717, 1.165) is 32.7 Å². The monoisotopic (exact) mass is 264 g/mol. The van der Waals surface area contributed by atoms with Crippen molar-refractivity contribution in [2.45, 2.75) is 0 Å². The van der Waals surface area contributed by atoms with Gasteiger partial charge in [-0.3, -0.25) is 4.90 Å². The van der Waals surface area contributed by atoms with Crippen molar-refractivity contribution < 1.29 is 14.8 Å². The Morgan fingerprint density at radius 1 is 1.16 bits per heavy atom. The van der Waals surface area contributed by atoms with E-state index in [1.165, 1.54) is 0 Å². The largest absolute Gasteiger partial charge is 0.493 e. The minimum absolute atomic E-state index is 0.417. The molecule has 1 aliphatic rings. The van der Waals surface area contributed by atoms with E-state index in [2.05, 4.69) is 16.8 Å². The Hall–Kier alpha value is -1.08. The smallest absolute Gasteiger partial charge is 0.492 e. The number of para-hydroxylation sites is 1. The molecule has 0 atom stereocenters. The van der Waals surface area contributed by atoms with E-state index in [4.69, 9.17) is 4.74 Å². The van der Waals surface area contributed by atoms with Crippen LogP contribution in [0.3, 0.4) is 0 Å². The highest BCUT2D eigenvalue weighted by Gasteiger charge is 2.17. The zero-order valence-corrected chi connectivity index (χ0v) is 11.3. The molecule has 0 saturated carbocycles. The van der Waals surface area contributed by atoms with E-state index >= 15 is 0 Å². The van der Waals surface area contributed by atoms with Gasteiger partial charge in [0.05, 0.1) is 0 Å². The van der Waals surface area contributed by atoms with E-state index in [1.807, 2.05) is 6.07 Å². The van der Waals surface area contributed by atoms with Crippen molar-refractivity contribution in [1.82, 2.24) is 9.80 Å². The van der Waals surface area contributed by atoms with E-state index in [0.29, 0.717) is 17.8 Å². The van der Waals surface area contributed by atoms with Crippen LogP contribution in [0.5, 0.6) is 5.75 Å². The minimum atomic E-state index is -1.49. The number of rotatable bonds is 5. The van der Waals surface area contributed by atoms with Crippen molar-refractivity contribution in [2.75, 3.05) is 46.4 Å². The zero-order valence-electron chi connectivity index (χ0n) is 11.3. The average molecular weight is 264 g/mol. The van der Waals surface area contributed by atoms with Crippen molar-refractivity contribution in [3.63, 3.8) is 0 Å². The van der Waals surface area contributed by atoms with Crippen LogP contribution in [0.1, 0.15) is 0 Å². The Kier molecular flexibility index (Phi) is 5.21. The molecule has 5 nitrogen and oxygen atoms in total. The van der Waals surface area contributed by atoms with Crippen molar-refractivity contribution in [3.8, 4) is 5.75 Å². The lowest BCUT2D eigenvalue weighted by molar-refractivity contribution is 0.134. The van der Waals surface area contributed by atoms with Gasteiger partial charge in [0.25, 0.3) is 0 Å². The normalized spacial score (nSPS) is 17.4. The van der Waals surface area contributed by atoms with Crippen LogP contribution in [-0.4, -0.2) is 73.3 Å². The molecule has 104 valence electrons. The molecule has 1 aromatic carbocycles. The summed E-state index contributed by atoms with van der Waals surface area (Å²) in [6.07, 6.45) is 0. The van der Waals surface area contributed by atoms with Gasteiger partial charge in [-0.1, -0.05) is 18.2 Å². The molecular weight excluding hydrogens is 243 g/mol. The predicted molar refractivity (Wildman–Crippen MR) is 75.7 cm³/mol. The van der Waals surface area contributed by atoms with Crippen LogP contribution < -0.4 is 10.2 Å². The molecule has 0 spiro atoms. The standard InChI is InChI=1S/C13H21BN2O3/c1-15-6-8-16(9-7-15)10-11-19-13-5-3-2-4-12(13)14(17)18/h2-5,17-18H,6-11H2,1H3. The fraction of sp³-hybridized carbons (Fsp3) is 0.538. The van der Waals surface area contributed by atoms with E-state index in [9.17, 15) is 10.0 Å². The van der Waals surface area contributed by atoms with Gasteiger partial charge in [-0.05, 0) is 13.1 Å². The highest BCUT2D eigenvalue weighted by molar-refractivity contribution is 6.59. The Morgan fingerprint density at radius 2 is 1.84 bits per heavy atom. The van der Waals surface area contributed by atoms with Crippen molar-refractivity contribution in [3.05, 3.63) is 24.3 Å². The number of nitrogens with zero attached hydrogens (tertiary/aromatic N) is 2. The first-order valence-corrected chi connectivity index (χ1v) is 6.65. The summed E-state index contributed by atoms with van der Waals surface area (Å²) in [6.45, 7) is 5.73. The van der Waals surface area contributed by atoms with Gasteiger partial charge in [0.2, 0.25) is 0 Å². The highest BCUT2D eigenvalue weighted by atomic mass is 16.5. The third-order valence-electron chi connectivity index (χ3n) is 3.46. The first-order valence-electron chi connectivity index (χ1n) is 6.65. The van der Waals surface area contributed by atoms with Gasteiger partial charge in [-0.25, -0.2) is 0 Å². The number of benzene rings is 1. The second-order valence-corrected chi connectivity index (χ2v) is 4.90. The number of ether oxygens (including phenoxy) is 1. The molecule has 6 heteroatoms. The molecule has 0 amide bonds. The highest BCUT2D eigenvalue weighted by Crippen LogP contribution is 2.07. The SMILES string of the molecule is CN1CCN(CCOc2ccccc2B(O)O)CC1. The van der Waals surface area contributed by atoms with Gasteiger partial charge in [-0.2, -0.15) is 0 Å². The van der Waals surface area contributed by atoms with Crippen LogP contribution >= 0.6 is 0 Å². The van der Waals surface area contributed by atoms with E-state index in [-0.39, 0.29) is 0 Å². The van der Waals surface area contributed by atoms with Gasteiger partial charge in [0, 0.05) is 38.2 Å². The maximum absolute atomic E-state index is 9.24. The maximum Gasteiger partial charge on any atom is 0.492 e. The summed E-state index contributed by atoms with van der Waals surface area (Å²) in [7, 11) is 0.645. The first-order chi connectivity index (χ1) is 9.16. The van der Waals surface area contributed by atoms with Gasteiger partial charge in [-0.15, -0.1) is 0 Å². The molecule has 19 heavy (non-hydrogen) atoms. The van der Waals surface area contributed by atoms with Crippen molar-refractivity contribution in [1.29, 1.82) is 0 Å². The maximum atomic E-state index is 9.24. The van der Waals surface area contributed by atoms with Gasteiger partial charge < -0.3 is 19.7 Å². The second kappa shape index (κ2) is 6.91. The Balaban J connectivity index is 1.79. The lowest BCUT2D eigenvalue weighted by Gasteiger charge is -2.32. The summed E-state index contributed by atoms with van der Waals surface area (Å²) in [5, 5.41) is 18.5. The lowest BCUT2D eigenvalue weighted by Crippen LogP contribution is -2.45. The average Bonchev–Trinajstić information content (AvgIpc) is 2.41. The summed E-state index contributed by atoms with van der Waals surface area (Å²) in [5.41, 5.74) is 0.417. The van der Waals surface area contributed by atoms with E-state index in [1.54, 1.807) is 18.2 Å². The molecule has 0 bridgehead atoms. The van der Waals surface area contributed by atoms with Crippen molar-refractivity contribution >= 4 is 12.6 Å². The van der Waals surface area contributed by atoms with Crippen LogP contribution in [0.25, 0.3) is 0 Å². The molecular formula is C13H21BN2O3. The molecule has 1 aliphatic heterocycles. The second-order valence-electron chi connectivity index (χ2n) is 4.90. The molecule has 2 N–H and O–H groups in total. The molecule has 1 saturated heterocycles. The summed E-state index contributed by atoms with van der Waals surface area (Å²) < 4.78 is 5.65.